The lowest BCUT2D eigenvalue weighted by molar-refractivity contribution is 0.157. The summed E-state index contributed by atoms with van der Waals surface area (Å²) in [5.74, 6) is 0. The molecule has 3 rings (SSSR count). The molecule has 6 heteroatoms. The van der Waals surface area contributed by atoms with Crippen LogP contribution in [0.5, 0.6) is 0 Å². The second-order valence-electron chi connectivity index (χ2n) is 4.36. The summed E-state index contributed by atoms with van der Waals surface area (Å²) >= 11 is 0. The lowest BCUT2D eigenvalue weighted by Crippen LogP contribution is -2.31. The number of carbonyl (C=O) groups is 1. The van der Waals surface area contributed by atoms with Gasteiger partial charge in [0.15, 0.2) is 0 Å². The molecule has 0 saturated carbocycles. The highest BCUT2D eigenvalue weighted by molar-refractivity contribution is 5.76. The van der Waals surface area contributed by atoms with Crippen molar-refractivity contribution >= 4 is 17.0 Å². The molecule has 1 fully saturated rings. The van der Waals surface area contributed by atoms with Crippen molar-refractivity contribution in [2.45, 2.75) is 6.54 Å². The van der Waals surface area contributed by atoms with Crippen molar-refractivity contribution in [3.8, 4) is 0 Å². The van der Waals surface area contributed by atoms with Crippen LogP contribution in [0.25, 0.3) is 10.9 Å². The Morgan fingerprint density at radius 1 is 1.21 bits per heavy atom. The predicted molar refractivity (Wildman–Crippen MR) is 68.9 cm³/mol. The average Bonchev–Trinajstić information content (AvgIpc) is 2.84. The normalized spacial score (nSPS) is 14.9. The van der Waals surface area contributed by atoms with E-state index in [2.05, 4.69) is 4.98 Å². The van der Waals surface area contributed by atoms with Crippen LogP contribution in [0, 0.1) is 0 Å². The van der Waals surface area contributed by atoms with Gasteiger partial charge in [-0.25, -0.2) is 9.78 Å². The second-order valence-corrected chi connectivity index (χ2v) is 4.36. The van der Waals surface area contributed by atoms with Crippen molar-refractivity contribution in [3.05, 3.63) is 40.9 Å². The van der Waals surface area contributed by atoms with E-state index in [0.29, 0.717) is 37.1 Å². The quantitative estimate of drug-likeness (QED) is 0.819. The first-order valence-electron chi connectivity index (χ1n) is 6.11. The van der Waals surface area contributed by atoms with Gasteiger partial charge in [0, 0.05) is 13.1 Å². The highest BCUT2D eigenvalue weighted by Gasteiger charge is 2.21. The molecule has 1 amide bonds. The van der Waals surface area contributed by atoms with Crippen molar-refractivity contribution in [2.24, 2.45) is 0 Å². The molecule has 0 bridgehead atoms. The molecule has 19 heavy (non-hydrogen) atoms. The van der Waals surface area contributed by atoms with E-state index in [1.807, 2.05) is 12.1 Å². The Bertz CT molecular complexity index is 680. The van der Waals surface area contributed by atoms with Crippen LogP contribution in [0.2, 0.25) is 0 Å². The Hall–Kier alpha value is -2.37. The number of carbonyl (C=O) groups excluding carboxylic acids is 1. The van der Waals surface area contributed by atoms with E-state index in [1.54, 1.807) is 17.0 Å². The number of amides is 1. The molecule has 0 unspecified atom stereocenters. The topological polar surface area (TPSA) is 64.4 Å². The third-order valence-electron chi connectivity index (χ3n) is 3.19. The van der Waals surface area contributed by atoms with Gasteiger partial charge >= 0.3 is 6.09 Å². The van der Waals surface area contributed by atoms with Gasteiger partial charge < -0.3 is 9.64 Å². The molecule has 6 nitrogen and oxygen atoms in total. The Morgan fingerprint density at radius 2 is 2.05 bits per heavy atom. The van der Waals surface area contributed by atoms with Gasteiger partial charge in [0.1, 0.15) is 6.61 Å². The summed E-state index contributed by atoms with van der Waals surface area (Å²) in [4.78, 5) is 29.3. The van der Waals surface area contributed by atoms with Crippen LogP contribution in [0.4, 0.5) is 4.79 Å². The largest absolute Gasteiger partial charge is 0.448 e. The molecule has 1 aliphatic rings. The fraction of sp³-hybridized carbons (Fsp3) is 0.308. The van der Waals surface area contributed by atoms with E-state index in [1.165, 1.54) is 10.9 Å². The highest BCUT2D eigenvalue weighted by atomic mass is 16.6. The Balaban J connectivity index is 1.83. The molecule has 1 aliphatic heterocycles. The van der Waals surface area contributed by atoms with Gasteiger partial charge in [0.2, 0.25) is 0 Å². The van der Waals surface area contributed by atoms with Crippen LogP contribution in [-0.2, 0) is 11.3 Å². The SMILES string of the molecule is O=C1OCCN1CCn1cnc2ccccc2c1=O. The minimum Gasteiger partial charge on any atom is -0.448 e. The molecule has 0 N–H and O–H groups in total. The van der Waals surface area contributed by atoms with Gasteiger partial charge in [0.05, 0.1) is 23.8 Å². The zero-order valence-corrected chi connectivity index (χ0v) is 10.3. The number of para-hydroxylation sites is 1. The Labute approximate surface area is 109 Å². The summed E-state index contributed by atoms with van der Waals surface area (Å²) in [5, 5.41) is 0.592. The van der Waals surface area contributed by atoms with Crippen LogP contribution in [0.15, 0.2) is 35.4 Å². The van der Waals surface area contributed by atoms with Gasteiger partial charge in [0.25, 0.3) is 5.56 Å². The number of hydrogen-bond acceptors (Lipinski definition) is 4. The lowest BCUT2D eigenvalue weighted by atomic mass is 10.2. The van der Waals surface area contributed by atoms with Crippen molar-refractivity contribution in [1.29, 1.82) is 0 Å². The first kappa shape index (κ1) is 11.7. The van der Waals surface area contributed by atoms with Gasteiger partial charge in [-0.3, -0.25) is 9.36 Å². The van der Waals surface area contributed by atoms with Crippen LogP contribution < -0.4 is 5.56 Å². The zero-order valence-electron chi connectivity index (χ0n) is 10.3. The fourth-order valence-corrected chi connectivity index (χ4v) is 2.12. The standard InChI is InChI=1S/C13H13N3O3/c17-12-10-3-1-2-4-11(10)14-9-16(12)6-5-15-7-8-19-13(15)18/h1-4,9H,5-8H2. The molecule has 0 spiro atoms. The minimum atomic E-state index is -0.318. The number of cyclic esters (lactones) is 1. The van der Waals surface area contributed by atoms with Crippen molar-refractivity contribution in [2.75, 3.05) is 19.7 Å². The molecule has 1 saturated heterocycles. The molecule has 2 heterocycles. The average molecular weight is 259 g/mol. The predicted octanol–water partition coefficient (Wildman–Crippen LogP) is 0.849. The van der Waals surface area contributed by atoms with Crippen LogP contribution in [0.3, 0.4) is 0 Å². The summed E-state index contributed by atoms with van der Waals surface area (Å²) in [7, 11) is 0. The summed E-state index contributed by atoms with van der Waals surface area (Å²) in [5.41, 5.74) is 0.600. The lowest BCUT2D eigenvalue weighted by Gasteiger charge is -2.13. The maximum absolute atomic E-state index is 12.2. The first-order valence-corrected chi connectivity index (χ1v) is 6.11. The minimum absolute atomic E-state index is 0.0850. The molecule has 1 aromatic carbocycles. The smallest absolute Gasteiger partial charge is 0.410 e. The molecule has 0 aliphatic carbocycles. The Morgan fingerprint density at radius 3 is 2.84 bits per heavy atom. The Kier molecular flexibility index (Phi) is 2.91. The van der Waals surface area contributed by atoms with E-state index in [-0.39, 0.29) is 11.7 Å². The third kappa shape index (κ3) is 2.16. The summed E-state index contributed by atoms with van der Waals surface area (Å²) in [6.45, 7) is 1.88. The molecule has 2 aromatic rings. The number of benzene rings is 1. The molecular weight excluding hydrogens is 246 g/mol. The van der Waals surface area contributed by atoms with Gasteiger partial charge in [-0.2, -0.15) is 0 Å². The number of rotatable bonds is 3. The number of ether oxygens (including phenoxy) is 1. The van der Waals surface area contributed by atoms with Crippen LogP contribution in [0.1, 0.15) is 0 Å². The number of hydrogen-bond donors (Lipinski definition) is 0. The molecule has 98 valence electrons. The monoisotopic (exact) mass is 259 g/mol. The van der Waals surface area contributed by atoms with E-state index in [0.717, 1.165) is 0 Å². The van der Waals surface area contributed by atoms with Crippen molar-refractivity contribution < 1.29 is 9.53 Å². The maximum atomic E-state index is 12.2. The van der Waals surface area contributed by atoms with Crippen LogP contribution in [-0.4, -0.2) is 40.2 Å². The van der Waals surface area contributed by atoms with E-state index < -0.39 is 0 Å². The van der Waals surface area contributed by atoms with Gasteiger partial charge in [-0.05, 0) is 12.1 Å². The second kappa shape index (κ2) is 4.72. The molecule has 0 atom stereocenters. The first-order chi connectivity index (χ1) is 9.25. The van der Waals surface area contributed by atoms with E-state index >= 15 is 0 Å². The molecule has 1 aromatic heterocycles. The maximum Gasteiger partial charge on any atom is 0.410 e. The van der Waals surface area contributed by atoms with E-state index in [4.69, 9.17) is 4.74 Å². The van der Waals surface area contributed by atoms with Crippen molar-refractivity contribution in [1.82, 2.24) is 14.5 Å². The molecule has 0 radical (unpaired) electrons. The van der Waals surface area contributed by atoms with Gasteiger partial charge in [-0.15, -0.1) is 0 Å². The zero-order chi connectivity index (χ0) is 13.2. The fourth-order valence-electron chi connectivity index (χ4n) is 2.12. The highest BCUT2D eigenvalue weighted by Crippen LogP contribution is 2.06. The number of aromatic nitrogens is 2. The van der Waals surface area contributed by atoms with Crippen molar-refractivity contribution in [3.63, 3.8) is 0 Å². The molecular formula is C13H13N3O3. The summed E-state index contributed by atoms with van der Waals surface area (Å²) < 4.78 is 6.36. The summed E-state index contributed by atoms with van der Waals surface area (Å²) in [6.07, 6.45) is 1.20. The number of fused-ring (bicyclic) bond motifs is 1. The number of nitrogens with zero attached hydrogens (tertiary/aromatic N) is 3. The summed E-state index contributed by atoms with van der Waals surface area (Å²) in [6, 6.07) is 7.22. The van der Waals surface area contributed by atoms with Gasteiger partial charge in [-0.1, -0.05) is 12.1 Å². The third-order valence-corrected chi connectivity index (χ3v) is 3.19. The van der Waals surface area contributed by atoms with E-state index in [9.17, 15) is 9.59 Å². The van der Waals surface area contributed by atoms with Crippen LogP contribution >= 0.6 is 0 Å².